The smallest absolute Gasteiger partial charge is 0.412 e. The van der Waals surface area contributed by atoms with Crippen LogP contribution in [0, 0.1) is 6.92 Å². The molecule has 0 heterocycles. The Morgan fingerprint density at radius 1 is 1.14 bits per heavy atom. The number of aryl methyl sites for hydroxylation is 1. The lowest BCUT2D eigenvalue weighted by Gasteiger charge is -2.20. The molecule has 5 heteroatoms. The minimum Gasteiger partial charge on any atom is -0.465 e. The van der Waals surface area contributed by atoms with E-state index in [2.05, 4.69) is 10.1 Å². The number of hydrogen-bond acceptors (Lipinski definition) is 4. The summed E-state index contributed by atoms with van der Waals surface area (Å²) in [4.78, 5) is 23.0. The predicted octanol–water partition coefficient (Wildman–Crippen LogP) is 4.15. The first kappa shape index (κ1) is 19.0. The minimum atomic E-state index is -0.552. The van der Waals surface area contributed by atoms with Crippen LogP contribution in [0.5, 0.6) is 0 Å². The van der Waals surface area contributed by atoms with Gasteiger partial charge in [0.1, 0.15) is 5.60 Å². The molecule has 1 aromatic carbocycles. The van der Waals surface area contributed by atoms with Crippen molar-refractivity contribution in [3.05, 3.63) is 29.3 Å². The molecule has 0 bridgehead atoms. The minimum absolute atomic E-state index is 0.410. The zero-order chi connectivity index (χ0) is 16.6. The number of esters is 1. The lowest BCUT2D eigenvalue weighted by Crippen LogP contribution is -2.27. The van der Waals surface area contributed by atoms with Crippen molar-refractivity contribution < 1.29 is 19.1 Å². The Bertz CT molecular complexity index is 490. The second kappa shape index (κ2) is 8.29. The Morgan fingerprint density at radius 3 is 2.14 bits per heavy atom. The molecule has 1 amide bonds. The van der Waals surface area contributed by atoms with Gasteiger partial charge in [-0.25, -0.2) is 9.59 Å². The normalized spacial score (nSPS) is 10.0. The summed E-state index contributed by atoms with van der Waals surface area (Å²) in [5.41, 5.74) is 1.25. The number of hydrogen-bond donors (Lipinski definition) is 1. The average Bonchev–Trinajstić information content (AvgIpc) is 2.40. The van der Waals surface area contributed by atoms with Crippen LogP contribution in [0.25, 0.3) is 0 Å². The van der Waals surface area contributed by atoms with Crippen molar-refractivity contribution in [1.82, 2.24) is 0 Å². The molecule has 0 saturated carbocycles. The highest BCUT2D eigenvalue weighted by Gasteiger charge is 2.17. The van der Waals surface area contributed by atoms with E-state index in [9.17, 15) is 9.59 Å². The molecule has 0 aliphatic heterocycles. The zero-order valence-electron chi connectivity index (χ0n) is 13.9. The lowest BCUT2D eigenvalue weighted by atomic mass is 10.1. The van der Waals surface area contributed by atoms with E-state index in [1.54, 1.807) is 45.9 Å². The van der Waals surface area contributed by atoms with E-state index in [0.717, 1.165) is 5.56 Å². The summed E-state index contributed by atoms with van der Waals surface area (Å²) in [6.07, 6.45) is -0.526. The molecule has 1 aromatic rings. The maximum absolute atomic E-state index is 11.6. The second-order valence-electron chi connectivity index (χ2n) is 5.15. The van der Waals surface area contributed by atoms with Crippen LogP contribution in [0.3, 0.4) is 0 Å². The first-order chi connectivity index (χ1) is 9.73. The zero-order valence-corrected chi connectivity index (χ0v) is 13.9. The van der Waals surface area contributed by atoms with E-state index in [4.69, 9.17) is 4.74 Å². The van der Waals surface area contributed by atoms with Crippen molar-refractivity contribution in [1.29, 1.82) is 0 Å². The number of carbonyl (C=O) groups is 2. The highest BCUT2D eigenvalue weighted by molar-refractivity contribution is 5.92. The molecule has 0 unspecified atom stereocenters. The van der Waals surface area contributed by atoms with Crippen LogP contribution in [-0.2, 0) is 9.47 Å². The Labute approximate surface area is 126 Å². The average molecular weight is 295 g/mol. The third-order valence-corrected chi connectivity index (χ3v) is 2.28. The largest absolute Gasteiger partial charge is 0.465 e. The van der Waals surface area contributed by atoms with E-state index in [0.29, 0.717) is 11.3 Å². The molecule has 1 rings (SSSR count). The molecule has 0 fully saturated rings. The van der Waals surface area contributed by atoms with Gasteiger partial charge in [0.15, 0.2) is 0 Å². The Hall–Kier alpha value is -2.04. The lowest BCUT2D eigenvalue weighted by molar-refractivity contribution is 0.0599. The summed E-state index contributed by atoms with van der Waals surface area (Å²) < 4.78 is 9.78. The standard InChI is InChI=1S/C14H19NO4.C2H6/c1-9-8-10(12(16)18-5)6-7-11(9)15-13(17)19-14(2,3)4;1-2/h6-8H,1-5H3,(H,15,17);1-2H3. The maximum atomic E-state index is 11.6. The molecular formula is C16H25NO4. The molecular weight excluding hydrogens is 270 g/mol. The van der Waals surface area contributed by atoms with E-state index < -0.39 is 17.7 Å². The van der Waals surface area contributed by atoms with Crippen LogP contribution in [0.1, 0.15) is 50.5 Å². The fourth-order valence-corrected chi connectivity index (χ4v) is 1.46. The van der Waals surface area contributed by atoms with Gasteiger partial charge in [0.05, 0.1) is 12.7 Å². The van der Waals surface area contributed by atoms with Crippen molar-refractivity contribution in [2.75, 3.05) is 12.4 Å². The fourth-order valence-electron chi connectivity index (χ4n) is 1.46. The van der Waals surface area contributed by atoms with E-state index in [-0.39, 0.29) is 0 Å². The third-order valence-electron chi connectivity index (χ3n) is 2.28. The number of nitrogens with one attached hydrogen (secondary N) is 1. The van der Waals surface area contributed by atoms with Gasteiger partial charge in [0.25, 0.3) is 0 Å². The number of amides is 1. The summed E-state index contributed by atoms with van der Waals surface area (Å²) >= 11 is 0. The molecule has 1 N–H and O–H groups in total. The molecule has 0 aliphatic rings. The van der Waals surface area contributed by atoms with E-state index in [1.807, 2.05) is 13.8 Å². The molecule has 0 saturated heterocycles. The first-order valence-corrected chi connectivity index (χ1v) is 6.92. The molecule has 5 nitrogen and oxygen atoms in total. The number of methoxy groups -OCH3 is 1. The summed E-state index contributed by atoms with van der Waals surface area (Å²) in [6.45, 7) is 11.2. The Balaban J connectivity index is 0.00000191. The highest BCUT2D eigenvalue weighted by atomic mass is 16.6. The van der Waals surface area contributed by atoms with Crippen LogP contribution in [0.15, 0.2) is 18.2 Å². The van der Waals surface area contributed by atoms with Gasteiger partial charge in [-0.2, -0.15) is 0 Å². The highest BCUT2D eigenvalue weighted by Crippen LogP contribution is 2.18. The van der Waals surface area contributed by atoms with Crippen molar-refractivity contribution in [2.24, 2.45) is 0 Å². The van der Waals surface area contributed by atoms with Crippen LogP contribution in [0.2, 0.25) is 0 Å². The summed E-state index contributed by atoms with van der Waals surface area (Å²) in [5, 5.41) is 2.64. The van der Waals surface area contributed by atoms with Crippen molar-refractivity contribution >= 4 is 17.7 Å². The number of anilines is 1. The third kappa shape index (κ3) is 6.79. The molecule has 0 aliphatic carbocycles. The van der Waals surface area contributed by atoms with Gasteiger partial charge in [-0.15, -0.1) is 0 Å². The second-order valence-corrected chi connectivity index (χ2v) is 5.15. The molecule has 118 valence electrons. The van der Waals surface area contributed by atoms with Gasteiger partial charge < -0.3 is 9.47 Å². The van der Waals surface area contributed by atoms with Crippen molar-refractivity contribution in [3.63, 3.8) is 0 Å². The van der Waals surface area contributed by atoms with Gasteiger partial charge in [-0.3, -0.25) is 5.32 Å². The molecule has 0 radical (unpaired) electrons. The molecule has 21 heavy (non-hydrogen) atoms. The topological polar surface area (TPSA) is 64.6 Å². The van der Waals surface area contributed by atoms with Gasteiger partial charge in [0.2, 0.25) is 0 Å². The first-order valence-electron chi connectivity index (χ1n) is 6.92. The van der Waals surface area contributed by atoms with E-state index >= 15 is 0 Å². The number of carbonyl (C=O) groups excluding carboxylic acids is 2. The number of benzene rings is 1. The summed E-state index contributed by atoms with van der Waals surface area (Å²) in [5.74, 6) is -0.410. The van der Waals surface area contributed by atoms with Crippen LogP contribution >= 0.6 is 0 Å². The van der Waals surface area contributed by atoms with Gasteiger partial charge in [-0.1, -0.05) is 13.8 Å². The fraction of sp³-hybridized carbons (Fsp3) is 0.500. The maximum Gasteiger partial charge on any atom is 0.412 e. The SMILES string of the molecule is CC.COC(=O)c1ccc(NC(=O)OC(C)(C)C)c(C)c1. The quantitative estimate of drug-likeness (QED) is 0.832. The van der Waals surface area contributed by atoms with Gasteiger partial charge in [-0.05, 0) is 51.5 Å². The van der Waals surface area contributed by atoms with Crippen LogP contribution in [-0.4, -0.2) is 24.8 Å². The Kier molecular flexibility index (Phi) is 7.49. The molecule has 0 aromatic heterocycles. The van der Waals surface area contributed by atoms with Crippen molar-refractivity contribution in [3.8, 4) is 0 Å². The van der Waals surface area contributed by atoms with Crippen molar-refractivity contribution in [2.45, 2.75) is 47.1 Å². The van der Waals surface area contributed by atoms with E-state index in [1.165, 1.54) is 7.11 Å². The summed E-state index contributed by atoms with van der Waals surface area (Å²) in [6, 6.07) is 4.88. The number of ether oxygens (including phenoxy) is 2. The molecule has 0 spiro atoms. The van der Waals surface area contributed by atoms with Gasteiger partial charge >= 0.3 is 12.1 Å². The van der Waals surface area contributed by atoms with Gasteiger partial charge in [0, 0.05) is 5.69 Å². The predicted molar refractivity (Wildman–Crippen MR) is 83.7 cm³/mol. The monoisotopic (exact) mass is 295 g/mol. The van der Waals surface area contributed by atoms with Crippen LogP contribution in [0.4, 0.5) is 10.5 Å². The number of rotatable bonds is 2. The Morgan fingerprint density at radius 2 is 1.71 bits per heavy atom. The summed E-state index contributed by atoms with van der Waals surface area (Å²) in [7, 11) is 1.32. The van der Waals surface area contributed by atoms with Crippen LogP contribution < -0.4 is 5.32 Å². The molecule has 0 atom stereocenters.